The monoisotopic (exact) mass is 397 g/mol. The van der Waals surface area contributed by atoms with Crippen LogP contribution in [0.2, 0.25) is 0 Å². The molecule has 3 rings (SSSR count). The molecule has 1 heterocycles. The summed E-state index contributed by atoms with van der Waals surface area (Å²) in [5.74, 6) is 0.269. The first-order valence-corrected chi connectivity index (χ1v) is 9.69. The predicted octanol–water partition coefficient (Wildman–Crippen LogP) is 4.53. The summed E-state index contributed by atoms with van der Waals surface area (Å²) >= 11 is 0. The van der Waals surface area contributed by atoms with Gasteiger partial charge in [0.1, 0.15) is 17.5 Å². The Bertz CT molecular complexity index is 873. The molecule has 1 amide bonds. The van der Waals surface area contributed by atoms with Gasteiger partial charge < -0.3 is 19.1 Å². The molecule has 0 unspecified atom stereocenters. The number of carbonyl (C=O) groups is 2. The highest BCUT2D eigenvalue weighted by Gasteiger charge is 2.31. The number of rotatable bonds is 4. The number of methoxy groups -OCH3 is 1. The van der Waals surface area contributed by atoms with E-state index in [4.69, 9.17) is 14.2 Å². The van der Waals surface area contributed by atoms with Crippen molar-refractivity contribution in [3.05, 3.63) is 54.1 Å². The average molecular weight is 397 g/mol. The first-order chi connectivity index (χ1) is 13.8. The molecule has 1 aliphatic heterocycles. The molecule has 1 atom stereocenters. The van der Waals surface area contributed by atoms with Crippen LogP contribution >= 0.6 is 0 Å². The zero-order valence-corrected chi connectivity index (χ0v) is 17.3. The van der Waals surface area contributed by atoms with E-state index < -0.39 is 11.6 Å². The van der Waals surface area contributed by atoms with Gasteiger partial charge in [-0.25, -0.2) is 9.59 Å². The summed E-state index contributed by atoms with van der Waals surface area (Å²) in [5, 5.41) is 0. The molecular formula is C23H27NO5. The fraction of sp³-hybridized carbons (Fsp3) is 0.391. The lowest BCUT2D eigenvalue weighted by atomic mass is 10.0. The SMILES string of the molecule is COC(=O)c1ccc(O[C@H]2CCN(C(=O)OC(C)(C)C)C2)c(-c2ccccc2)c1. The van der Waals surface area contributed by atoms with Crippen molar-refractivity contribution in [1.29, 1.82) is 0 Å². The Hall–Kier alpha value is -3.02. The first-order valence-electron chi connectivity index (χ1n) is 9.69. The van der Waals surface area contributed by atoms with E-state index in [1.807, 2.05) is 51.1 Å². The van der Waals surface area contributed by atoms with E-state index in [0.717, 1.165) is 11.1 Å². The highest BCUT2D eigenvalue weighted by atomic mass is 16.6. The Morgan fingerprint density at radius 2 is 1.79 bits per heavy atom. The molecule has 0 N–H and O–H groups in total. The number of nitrogens with zero attached hydrogens (tertiary/aromatic N) is 1. The van der Waals surface area contributed by atoms with Crippen molar-refractivity contribution in [3.63, 3.8) is 0 Å². The van der Waals surface area contributed by atoms with Crippen LogP contribution < -0.4 is 4.74 Å². The number of carbonyl (C=O) groups excluding carboxylic acids is 2. The van der Waals surface area contributed by atoms with Crippen LogP contribution in [0.1, 0.15) is 37.6 Å². The number of amides is 1. The van der Waals surface area contributed by atoms with Crippen LogP contribution in [0.4, 0.5) is 4.79 Å². The molecule has 1 fully saturated rings. The molecule has 0 spiro atoms. The second-order valence-corrected chi connectivity index (χ2v) is 8.02. The number of benzene rings is 2. The summed E-state index contributed by atoms with van der Waals surface area (Å²) in [7, 11) is 1.36. The van der Waals surface area contributed by atoms with Gasteiger partial charge in [-0.2, -0.15) is 0 Å². The summed E-state index contributed by atoms with van der Waals surface area (Å²) in [6.07, 6.45) is 0.244. The second-order valence-electron chi connectivity index (χ2n) is 8.02. The molecule has 0 bridgehead atoms. The van der Waals surface area contributed by atoms with Crippen LogP contribution in [-0.2, 0) is 9.47 Å². The third-order valence-corrected chi connectivity index (χ3v) is 4.58. The van der Waals surface area contributed by atoms with Crippen molar-refractivity contribution in [2.24, 2.45) is 0 Å². The van der Waals surface area contributed by atoms with Gasteiger partial charge in [-0.1, -0.05) is 30.3 Å². The van der Waals surface area contributed by atoms with Gasteiger partial charge in [0.15, 0.2) is 0 Å². The Kier molecular flexibility index (Phi) is 6.11. The van der Waals surface area contributed by atoms with Crippen molar-refractivity contribution in [3.8, 4) is 16.9 Å². The van der Waals surface area contributed by atoms with E-state index in [2.05, 4.69) is 0 Å². The van der Waals surface area contributed by atoms with Crippen molar-refractivity contribution in [1.82, 2.24) is 4.90 Å². The number of likely N-dealkylation sites (tertiary alicyclic amines) is 1. The summed E-state index contributed by atoms with van der Waals surface area (Å²) in [4.78, 5) is 25.9. The Balaban J connectivity index is 1.79. The fourth-order valence-corrected chi connectivity index (χ4v) is 3.22. The van der Waals surface area contributed by atoms with Crippen molar-refractivity contribution in [2.45, 2.75) is 38.9 Å². The van der Waals surface area contributed by atoms with E-state index in [0.29, 0.717) is 30.8 Å². The van der Waals surface area contributed by atoms with E-state index in [1.165, 1.54) is 7.11 Å². The Morgan fingerprint density at radius 3 is 2.45 bits per heavy atom. The van der Waals surface area contributed by atoms with E-state index in [9.17, 15) is 9.59 Å². The predicted molar refractivity (Wildman–Crippen MR) is 110 cm³/mol. The summed E-state index contributed by atoms with van der Waals surface area (Å²) < 4.78 is 16.5. The third kappa shape index (κ3) is 5.28. The number of hydrogen-bond donors (Lipinski definition) is 0. The molecule has 29 heavy (non-hydrogen) atoms. The minimum Gasteiger partial charge on any atom is -0.488 e. The van der Waals surface area contributed by atoms with Gasteiger partial charge in [0.2, 0.25) is 0 Å². The molecule has 2 aromatic rings. The largest absolute Gasteiger partial charge is 0.488 e. The normalized spacial score (nSPS) is 16.4. The molecule has 0 aliphatic carbocycles. The molecule has 0 aromatic heterocycles. The van der Waals surface area contributed by atoms with Crippen molar-refractivity contribution < 1.29 is 23.8 Å². The smallest absolute Gasteiger partial charge is 0.410 e. The third-order valence-electron chi connectivity index (χ3n) is 4.58. The van der Waals surface area contributed by atoms with Gasteiger partial charge in [0.05, 0.1) is 19.2 Å². The summed E-state index contributed by atoms with van der Waals surface area (Å²) in [6.45, 7) is 6.60. The van der Waals surface area contributed by atoms with Crippen LogP contribution in [0.15, 0.2) is 48.5 Å². The van der Waals surface area contributed by atoms with Gasteiger partial charge >= 0.3 is 12.1 Å². The highest BCUT2D eigenvalue weighted by Crippen LogP contribution is 2.33. The average Bonchev–Trinajstić information content (AvgIpc) is 3.16. The Labute approximate surface area is 171 Å². The lowest BCUT2D eigenvalue weighted by Crippen LogP contribution is -2.36. The molecule has 154 valence electrons. The Morgan fingerprint density at radius 1 is 1.07 bits per heavy atom. The van der Waals surface area contributed by atoms with Gasteiger partial charge in [-0.15, -0.1) is 0 Å². The van der Waals surface area contributed by atoms with E-state index >= 15 is 0 Å². The highest BCUT2D eigenvalue weighted by molar-refractivity contribution is 5.92. The zero-order chi connectivity index (χ0) is 21.0. The van der Waals surface area contributed by atoms with Crippen molar-refractivity contribution >= 4 is 12.1 Å². The molecule has 0 radical (unpaired) electrons. The number of ether oxygens (including phenoxy) is 3. The van der Waals surface area contributed by atoms with Crippen LogP contribution in [0.25, 0.3) is 11.1 Å². The summed E-state index contributed by atoms with van der Waals surface area (Å²) in [5.41, 5.74) is 1.68. The fourth-order valence-electron chi connectivity index (χ4n) is 3.22. The quantitative estimate of drug-likeness (QED) is 0.709. The molecule has 6 nitrogen and oxygen atoms in total. The maximum Gasteiger partial charge on any atom is 0.410 e. The maximum absolute atomic E-state index is 12.3. The topological polar surface area (TPSA) is 65.1 Å². The molecular weight excluding hydrogens is 370 g/mol. The van der Waals surface area contributed by atoms with Crippen LogP contribution in [0.5, 0.6) is 5.75 Å². The van der Waals surface area contributed by atoms with Gasteiger partial charge in [-0.3, -0.25) is 0 Å². The minimum absolute atomic E-state index is 0.144. The first kappa shape index (κ1) is 20.7. The zero-order valence-electron chi connectivity index (χ0n) is 17.3. The van der Waals surface area contributed by atoms with Crippen LogP contribution in [0.3, 0.4) is 0 Å². The summed E-state index contributed by atoms with van der Waals surface area (Å²) in [6, 6.07) is 15.0. The van der Waals surface area contributed by atoms with Crippen molar-refractivity contribution in [2.75, 3.05) is 20.2 Å². The van der Waals surface area contributed by atoms with Gasteiger partial charge in [0, 0.05) is 18.5 Å². The van der Waals surface area contributed by atoms with Crippen LogP contribution in [0, 0.1) is 0 Å². The lowest BCUT2D eigenvalue weighted by Gasteiger charge is -2.24. The molecule has 0 saturated carbocycles. The minimum atomic E-state index is -0.528. The van der Waals surface area contributed by atoms with Crippen LogP contribution in [-0.4, -0.2) is 48.9 Å². The molecule has 2 aromatic carbocycles. The van der Waals surface area contributed by atoms with E-state index in [-0.39, 0.29) is 12.2 Å². The molecule has 1 saturated heterocycles. The maximum atomic E-state index is 12.3. The van der Waals surface area contributed by atoms with Gasteiger partial charge in [-0.05, 0) is 44.5 Å². The number of esters is 1. The standard InChI is InChI=1S/C23H27NO5/c1-23(2,3)29-22(26)24-13-12-18(15-24)28-20-11-10-17(21(25)27-4)14-19(20)16-8-6-5-7-9-16/h5-11,14,18H,12-13,15H2,1-4H3/t18-/m0/s1. The lowest BCUT2D eigenvalue weighted by molar-refractivity contribution is 0.0275. The number of hydrogen-bond acceptors (Lipinski definition) is 5. The van der Waals surface area contributed by atoms with E-state index in [1.54, 1.807) is 23.1 Å². The second kappa shape index (κ2) is 8.55. The van der Waals surface area contributed by atoms with Gasteiger partial charge in [0.25, 0.3) is 0 Å². The molecule has 6 heteroatoms. The molecule has 1 aliphatic rings.